The van der Waals surface area contributed by atoms with Crippen molar-refractivity contribution in [3.05, 3.63) is 35.4 Å². The maximum Gasteiger partial charge on any atom is 0.0594 e. The molecule has 90 valence electrons. The zero-order chi connectivity index (χ0) is 12.2. The molecule has 0 radical (unpaired) electrons. The summed E-state index contributed by atoms with van der Waals surface area (Å²) in [5.41, 5.74) is 2.17. The molecule has 1 atom stereocenters. The van der Waals surface area contributed by atoms with Gasteiger partial charge < -0.3 is 5.11 Å². The molecular weight excluding hydrogens is 196 g/mol. The molecule has 0 saturated heterocycles. The van der Waals surface area contributed by atoms with Gasteiger partial charge >= 0.3 is 0 Å². The third-order valence-electron chi connectivity index (χ3n) is 3.19. The Labute approximate surface area is 99.5 Å². The summed E-state index contributed by atoms with van der Waals surface area (Å²) in [6.45, 7) is 8.19. The number of aliphatic hydroxyl groups is 1. The van der Waals surface area contributed by atoms with E-state index < -0.39 is 5.60 Å². The summed E-state index contributed by atoms with van der Waals surface area (Å²) in [7, 11) is 0. The van der Waals surface area contributed by atoms with Gasteiger partial charge in [-0.1, -0.05) is 38.1 Å². The molecule has 1 heteroatoms. The average Bonchev–Trinajstić information content (AvgIpc) is 2.25. The SMILES string of the molecule is CCC(C)c1ccc(CCC(C)(C)O)cc1. The van der Waals surface area contributed by atoms with Crippen LogP contribution in [0.25, 0.3) is 0 Å². The number of benzene rings is 1. The monoisotopic (exact) mass is 220 g/mol. The molecular formula is C15H24O. The highest BCUT2D eigenvalue weighted by molar-refractivity contribution is 5.25. The first-order valence-electron chi connectivity index (χ1n) is 6.23. The zero-order valence-electron chi connectivity index (χ0n) is 11.0. The second-order valence-corrected chi connectivity index (χ2v) is 5.36. The topological polar surface area (TPSA) is 20.2 Å². The van der Waals surface area contributed by atoms with Gasteiger partial charge in [-0.15, -0.1) is 0 Å². The quantitative estimate of drug-likeness (QED) is 0.798. The van der Waals surface area contributed by atoms with Crippen LogP contribution < -0.4 is 0 Å². The van der Waals surface area contributed by atoms with Gasteiger partial charge in [0.2, 0.25) is 0 Å². The van der Waals surface area contributed by atoms with E-state index in [4.69, 9.17) is 0 Å². The fourth-order valence-corrected chi connectivity index (χ4v) is 1.70. The zero-order valence-corrected chi connectivity index (χ0v) is 11.0. The lowest BCUT2D eigenvalue weighted by molar-refractivity contribution is 0.0714. The molecule has 0 aromatic heterocycles. The fraction of sp³-hybridized carbons (Fsp3) is 0.600. The summed E-state index contributed by atoms with van der Waals surface area (Å²) in [5, 5.41) is 9.66. The molecule has 1 aromatic carbocycles. The van der Waals surface area contributed by atoms with E-state index in [2.05, 4.69) is 38.1 Å². The molecule has 0 amide bonds. The number of rotatable bonds is 5. The molecule has 0 aliphatic carbocycles. The summed E-state index contributed by atoms with van der Waals surface area (Å²) >= 11 is 0. The third-order valence-corrected chi connectivity index (χ3v) is 3.19. The van der Waals surface area contributed by atoms with Gasteiger partial charge in [-0.25, -0.2) is 0 Å². The Balaban J connectivity index is 2.58. The Hall–Kier alpha value is -0.820. The second kappa shape index (κ2) is 5.49. The van der Waals surface area contributed by atoms with E-state index in [0.29, 0.717) is 5.92 Å². The Morgan fingerprint density at radius 1 is 1.19 bits per heavy atom. The minimum absolute atomic E-state index is 0.560. The van der Waals surface area contributed by atoms with Crippen LogP contribution in [-0.4, -0.2) is 10.7 Å². The molecule has 0 heterocycles. The van der Waals surface area contributed by atoms with Gasteiger partial charge in [-0.2, -0.15) is 0 Å². The summed E-state index contributed by atoms with van der Waals surface area (Å²) in [6.07, 6.45) is 2.95. The Morgan fingerprint density at radius 2 is 1.75 bits per heavy atom. The number of hydrogen-bond donors (Lipinski definition) is 1. The van der Waals surface area contributed by atoms with Crippen LogP contribution in [0.15, 0.2) is 24.3 Å². The molecule has 0 aliphatic rings. The van der Waals surface area contributed by atoms with E-state index in [1.165, 1.54) is 17.5 Å². The maximum atomic E-state index is 9.66. The molecule has 16 heavy (non-hydrogen) atoms. The van der Waals surface area contributed by atoms with Crippen molar-refractivity contribution in [3.63, 3.8) is 0 Å². The third kappa shape index (κ3) is 4.36. The first-order chi connectivity index (χ1) is 7.42. The van der Waals surface area contributed by atoms with Crippen molar-refractivity contribution >= 4 is 0 Å². The summed E-state index contributed by atoms with van der Waals surface area (Å²) in [6, 6.07) is 8.81. The highest BCUT2D eigenvalue weighted by atomic mass is 16.3. The highest BCUT2D eigenvalue weighted by Gasteiger charge is 2.12. The summed E-state index contributed by atoms with van der Waals surface area (Å²) in [5.74, 6) is 0.642. The van der Waals surface area contributed by atoms with E-state index in [1.807, 2.05) is 13.8 Å². The van der Waals surface area contributed by atoms with Crippen LogP contribution >= 0.6 is 0 Å². The van der Waals surface area contributed by atoms with Crippen molar-refractivity contribution in [1.82, 2.24) is 0 Å². The van der Waals surface area contributed by atoms with E-state index in [9.17, 15) is 5.11 Å². The molecule has 0 fully saturated rings. The van der Waals surface area contributed by atoms with Gasteiger partial charge in [0.15, 0.2) is 0 Å². The average molecular weight is 220 g/mol. The van der Waals surface area contributed by atoms with Crippen molar-refractivity contribution < 1.29 is 5.11 Å². The van der Waals surface area contributed by atoms with Gasteiger partial charge in [0.05, 0.1) is 5.60 Å². The number of aryl methyl sites for hydroxylation is 1. The van der Waals surface area contributed by atoms with Gasteiger partial charge in [-0.3, -0.25) is 0 Å². The second-order valence-electron chi connectivity index (χ2n) is 5.36. The van der Waals surface area contributed by atoms with Crippen molar-refractivity contribution in [3.8, 4) is 0 Å². The molecule has 0 bridgehead atoms. The lowest BCUT2D eigenvalue weighted by atomic mass is 9.95. The molecule has 1 N–H and O–H groups in total. The Morgan fingerprint density at radius 3 is 2.19 bits per heavy atom. The lowest BCUT2D eigenvalue weighted by Crippen LogP contribution is -2.19. The van der Waals surface area contributed by atoms with Crippen LogP contribution in [0.1, 0.15) is 57.6 Å². The molecule has 1 unspecified atom stereocenters. The minimum Gasteiger partial charge on any atom is -0.390 e. The van der Waals surface area contributed by atoms with Crippen molar-refractivity contribution in [1.29, 1.82) is 0 Å². The standard InChI is InChI=1S/C15H24O/c1-5-12(2)14-8-6-13(7-9-14)10-11-15(3,4)16/h6-9,12,16H,5,10-11H2,1-4H3. The van der Waals surface area contributed by atoms with Crippen molar-refractivity contribution in [2.24, 2.45) is 0 Å². The van der Waals surface area contributed by atoms with Gasteiger partial charge in [0, 0.05) is 0 Å². The first kappa shape index (κ1) is 13.2. The molecule has 0 spiro atoms. The lowest BCUT2D eigenvalue weighted by Gasteiger charge is -2.17. The van der Waals surface area contributed by atoms with Crippen LogP contribution in [-0.2, 0) is 6.42 Å². The molecule has 1 nitrogen and oxygen atoms in total. The van der Waals surface area contributed by atoms with Gasteiger partial charge in [0.1, 0.15) is 0 Å². The summed E-state index contributed by atoms with van der Waals surface area (Å²) in [4.78, 5) is 0. The molecule has 1 aromatic rings. The van der Waals surface area contributed by atoms with Crippen molar-refractivity contribution in [2.45, 2.75) is 58.5 Å². The number of hydrogen-bond acceptors (Lipinski definition) is 1. The van der Waals surface area contributed by atoms with E-state index in [0.717, 1.165) is 12.8 Å². The van der Waals surface area contributed by atoms with Crippen LogP contribution in [0.4, 0.5) is 0 Å². The van der Waals surface area contributed by atoms with E-state index >= 15 is 0 Å². The molecule has 1 rings (SSSR count). The van der Waals surface area contributed by atoms with Crippen molar-refractivity contribution in [2.75, 3.05) is 0 Å². The highest BCUT2D eigenvalue weighted by Crippen LogP contribution is 2.20. The predicted molar refractivity (Wildman–Crippen MR) is 69.8 cm³/mol. The maximum absolute atomic E-state index is 9.66. The Bertz CT molecular complexity index is 305. The molecule has 0 aliphatic heterocycles. The molecule has 0 saturated carbocycles. The van der Waals surface area contributed by atoms with Gasteiger partial charge in [0.25, 0.3) is 0 Å². The Kier molecular flexibility index (Phi) is 4.55. The largest absolute Gasteiger partial charge is 0.390 e. The first-order valence-corrected chi connectivity index (χ1v) is 6.23. The van der Waals surface area contributed by atoms with Crippen LogP contribution in [0.3, 0.4) is 0 Å². The van der Waals surface area contributed by atoms with Gasteiger partial charge in [-0.05, 0) is 50.2 Å². The fourth-order valence-electron chi connectivity index (χ4n) is 1.70. The van der Waals surface area contributed by atoms with E-state index in [-0.39, 0.29) is 0 Å². The normalized spacial score (nSPS) is 13.8. The van der Waals surface area contributed by atoms with E-state index in [1.54, 1.807) is 0 Å². The minimum atomic E-state index is -0.560. The predicted octanol–water partition coefficient (Wildman–Crippen LogP) is 3.90. The van der Waals surface area contributed by atoms with Crippen LogP contribution in [0, 0.1) is 0 Å². The smallest absolute Gasteiger partial charge is 0.0594 e. The summed E-state index contributed by atoms with van der Waals surface area (Å²) < 4.78 is 0. The van der Waals surface area contributed by atoms with Crippen LogP contribution in [0.2, 0.25) is 0 Å². The van der Waals surface area contributed by atoms with Crippen LogP contribution in [0.5, 0.6) is 0 Å².